The molecule has 0 saturated heterocycles. The number of rotatable bonds is 7. The highest BCUT2D eigenvalue weighted by Gasteiger charge is 2.28. The van der Waals surface area contributed by atoms with Crippen molar-refractivity contribution in [3.8, 4) is 11.5 Å². The van der Waals surface area contributed by atoms with Crippen molar-refractivity contribution in [2.24, 2.45) is 5.73 Å². The number of nitrogens with two attached hydrogens (primary N) is 1. The molecule has 4 aromatic rings. The van der Waals surface area contributed by atoms with E-state index < -0.39 is 6.04 Å². The zero-order valence-electron chi connectivity index (χ0n) is 20.9. The van der Waals surface area contributed by atoms with Crippen LogP contribution in [0, 0.1) is 0 Å². The van der Waals surface area contributed by atoms with Gasteiger partial charge in [-0.1, -0.05) is 53.5 Å². The molecule has 0 aromatic heterocycles. The maximum Gasteiger partial charge on any atom is 0.323 e. The summed E-state index contributed by atoms with van der Waals surface area (Å²) in [6.07, 6.45) is 0.314. The van der Waals surface area contributed by atoms with Crippen molar-refractivity contribution >= 4 is 46.5 Å². The lowest BCUT2D eigenvalue weighted by molar-refractivity contribution is -0.133. The second kappa shape index (κ2) is 11.8. The molecule has 39 heavy (non-hydrogen) atoms. The highest BCUT2D eigenvalue weighted by atomic mass is 35.5. The van der Waals surface area contributed by atoms with E-state index in [2.05, 4.69) is 10.6 Å². The Balaban J connectivity index is 1.15. The fourth-order valence-electron chi connectivity index (χ4n) is 4.40. The number of amides is 3. The average molecular weight is 561 g/mol. The van der Waals surface area contributed by atoms with Crippen molar-refractivity contribution in [3.05, 3.63) is 118 Å². The van der Waals surface area contributed by atoms with E-state index in [1.54, 1.807) is 47.4 Å². The van der Waals surface area contributed by atoms with E-state index >= 15 is 0 Å². The Morgan fingerprint density at radius 2 is 1.49 bits per heavy atom. The zero-order chi connectivity index (χ0) is 27.4. The quantitative estimate of drug-likeness (QED) is 0.230. The number of carbonyl (C=O) groups is 2. The highest BCUT2D eigenvalue weighted by molar-refractivity contribution is 6.35. The van der Waals surface area contributed by atoms with Gasteiger partial charge in [0.15, 0.2) is 0 Å². The minimum absolute atomic E-state index is 0.163. The SMILES string of the molecule is NC(Cc1ccc(Cl)cc1Cl)C(=O)N1Cc2ccc(NC(=O)Nc3ccc(Oc4ccccc4)cc3)cc2C1. The number of para-hydroxylation sites is 1. The Morgan fingerprint density at radius 1 is 0.821 bits per heavy atom. The van der Waals surface area contributed by atoms with Gasteiger partial charge in [0.25, 0.3) is 0 Å². The molecule has 0 aliphatic carbocycles. The fraction of sp³-hybridized carbons (Fsp3) is 0.133. The van der Waals surface area contributed by atoms with Crippen LogP contribution in [0.5, 0.6) is 11.5 Å². The first-order valence-corrected chi connectivity index (χ1v) is 13.1. The smallest absolute Gasteiger partial charge is 0.323 e. The van der Waals surface area contributed by atoms with Gasteiger partial charge < -0.3 is 26.0 Å². The minimum atomic E-state index is -0.731. The van der Waals surface area contributed by atoms with Crippen LogP contribution in [0.1, 0.15) is 16.7 Å². The van der Waals surface area contributed by atoms with E-state index in [0.717, 1.165) is 22.4 Å². The van der Waals surface area contributed by atoms with E-state index in [1.807, 2.05) is 48.5 Å². The van der Waals surface area contributed by atoms with Gasteiger partial charge in [0.1, 0.15) is 11.5 Å². The van der Waals surface area contributed by atoms with Crippen LogP contribution >= 0.6 is 23.2 Å². The van der Waals surface area contributed by atoms with Crippen LogP contribution in [0.2, 0.25) is 10.0 Å². The molecule has 1 unspecified atom stereocenters. The maximum atomic E-state index is 13.0. The average Bonchev–Trinajstić information content (AvgIpc) is 3.35. The summed E-state index contributed by atoms with van der Waals surface area (Å²) >= 11 is 12.2. The van der Waals surface area contributed by atoms with Crippen molar-refractivity contribution in [3.63, 3.8) is 0 Å². The van der Waals surface area contributed by atoms with Crippen LogP contribution in [-0.2, 0) is 24.3 Å². The number of fused-ring (bicyclic) bond motifs is 1. The number of hydrogen-bond acceptors (Lipinski definition) is 4. The van der Waals surface area contributed by atoms with Crippen molar-refractivity contribution in [2.75, 3.05) is 10.6 Å². The van der Waals surface area contributed by atoms with Gasteiger partial charge in [-0.15, -0.1) is 0 Å². The first-order chi connectivity index (χ1) is 18.8. The van der Waals surface area contributed by atoms with Gasteiger partial charge in [-0.2, -0.15) is 0 Å². The molecule has 1 atom stereocenters. The third kappa shape index (κ3) is 6.70. The van der Waals surface area contributed by atoms with E-state index in [1.165, 1.54) is 0 Å². The largest absolute Gasteiger partial charge is 0.457 e. The molecule has 0 bridgehead atoms. The molecule has 3 amide bonds. The van der Waals surface area contributed by atoms with Gasteiger partial charge in [0.2, 0.25) is 5.91 Å². The van der Waals surface area contributed by atoms with Crippen LogP contribution in [0.15, 0.2) is 91.0 Å². The Morgan fingerprint density at radius 3 is 2.23 bits per heavy atom. The Hall–Kier alpha value is -4.04. The number of halogens is 2. The van der Waals surface area contributed by atoms with Gasteiger partial charge in [-0.05, 0) is 83.8 Å². The molecular weight excluding hydrogens is 535 g/mol. The summed E-state index contributed by atoms with van der Waals surface area (Å²) in [7, 11) is 0. The lowest BCUT2D eigenvalue weighted by Crippen LogP contribution is -2.42. The van der Waals surface area contributed by atoms with Crippen molar-refractivity contribution in [1.29, 1.82) is 0 Å². The molecule has 4 N–H and O–H groups in total. The topological polar surface area (TPSA) is 96.7 Å². The van der Waals surface area contributed by atoms with Crippen LogP contribution in [-0.4, -0.2) is 22.9 Å². The summed E-state index contributed by atoms with van der Waals surface area (Å²) in [5.41, 5.74) is 10.2. The van der Waals surface area contributed by atoms with E-state index in [-0.39, 0.29) is 11.9 Å². The van der Waals surface area contributed by atoms with Gasteiger partial charge in [-0.25, -0.2) is 4.79 Å². The Labute approximate surface area is 236 Å². The molecule has 7 nitrogen and oxygen atoms in total. The molecule has 4 aromatic carbocycles. The third-order valence-corrected chi connectivity index (χ3v) is 6.95. The lowest BCUT2D eigenvalue weighted by atomic mass is 10.1. The molecule has 198 valence electrons. The number of anilines is 2. The van der Waals surface area contributed by atoms with Crippen molar-refractivity contribution in [2.45, 2.75) is 25.6 Å². The summed E-state index contributed by atoms with van der Waals surface area (Å²) < 4.78 is 5.78. The van der Waals surface area contributed by atoms with E-state index in [9.17, 15) is 9.59 Å². The number of nitrogens with zero attached hydrogens (tertiary/aromatic N) is 1. The third-order valence-electron chi connectivity index (χ3n) is 6.36. The second-order valence-electron chi connectivity index (χ2n) is 9.24. The van der Waals surface area contributed by atoms with Crippen LogP contribution < -0.4 is 21.1 Å². The van der Waals surface area contributed by atoms with Crippen molar-refractivity contribution < 1.29 is 14.3 Å². The zero-order valence-corrected chi connectivity index (χ0v) is 22.4. The first kappa shape index (κ1) is 26.6. The predicted octanol–water partition coefficient (Wildman–Crippen LogP) is 6.84. The number of nitrogens with one attached hydrogen (secondary N) is 2. The molecule has 0 fully saturated rings. The number of carbonyl (C=O) groups excluding carboxylic acids is 2. The number of benzene rings is 4. The van der Waals surface area contributed by atoms with Crippen LogP contribution in [0.25, 0.3) is 0 Å². The van der Waals surface area contributed by atoms with Crippen LogP contribution in [0.3, 0.4) is 0 Å². The molecule has 0 radical (unpaired) electrons. The van der Waals surface area contributed by atoms with Gasteiger partial charge in [-0.3, -0.25) is 4.79 Å². The van der Waals surface area contributed by atoms with E-state index in [0.29, 0.717) is 46.7 Å². The molecule has 1 aliphatic rings. The van der Waals surface area contributed by atoms with Crippen LogP contribution in [0.4, 0.5) is 16.2 Å². The monoisotopic (exact) mass is 560 g/mol. The second-order valence-corrected chi connectivity index (χ2v) is 10.1. The molecule has 9 heteroatoms. The number of hydrogen-bond donors (Lipinski definition) is 3. The fourth-order valence-corrected chi connectivity index (χ4v) is 4.88. The molecule has 1 heterocycles. The molecule has 1 aliphatic heterocycles. The summed E-state index contributed by atoms with van der Waals surface area (Å²) in [5.74, 6) is 1.24. The summed E-state index contributed by atoms with van der Waals surface area (Å²) in [6.45, 7) is 0.871. The van der Waals surface area contributed by atoms with E-state index in [4.69, 9.17) is 33.7 Å². The summed E-state index contributed by atoms with van der Waals surface area (Å²) in [4.78, 5) is 27.3. The highest BCUT2D eigenvalue weighted by Crippen LogP contribution is 2.28. The Kier molecular flexibility index (Phi) is 8.02. The molecular formula is C30H26Cl2N4O3. The molecule has 0 spiro atoms. The Bertz CT molecular complexity index is 1500. The normalized spacial score (nSPS) is 12.9. The first-order valence-electron chi connectivity index (χ1n) is 12.3. The predicted molar refractivity (Wildman–Crippen MR) is 154 cm³/mol. The van der Waals surface area contributed by atoms with Crippen molar-refractivity contribution in [1.82, 2.24) is 4.90 Å². The number of urea groups is 1. The molecule has 5 rings (SSSR count). The van der Waals surface area contributed by atoms with Gasteiger partial charge >= 0.3 is 6.03 Å². The maximum absolute atomic E-state index is 13.0. The molecule has 0 saturated carbocycles. The summed E-state index contributed by atoms with van der Waals surface area (Å²) in [5, 5.41) is 6.68. The van der Waals surface area contributed by atoms with Gasteiger partial charge in [0, 0.05) is 34.5 Å². The summed E-state index contributed by atoms with van der Waals surface area (Å²) in [6, 6.07) is 26.2. The minimum Gasteiger partial charge on any atom is -0.457 e. The van der Waals surface area contributed by atoms with Gasteiger partial charge in [0.05, 0.1) is 6.04 Å². The lowest BCUT2D eigenvalue weighted by Gasteiger charge is -2.20. The number of ether oxygens (including phenoxy) is 1. The standard InChI is InChI=1S/C30H26Cl2N4O3/c31-22-8-6-19(27(32)16-22)15-28(33)29(37)36-17-20-7-9-24(14-21(20)18-36)35-30(38)34-23-10-12-26(13-11-23)39-25-4-2-1-3-5-25/h1-14,16,28H,15,17-18,33H2,(H2,34,35,38).